The molecule has 1 unspecified atom stereocenters. The van der Waals surface area contributed by atoms with Gasteiger partial charge in [0.2, 0.25) is 6.10 Å². The van der Waals surface area contributed by atoms with Crippen LogP contribution in [0.15, 0.2) is 54.1 Å². The smallest absolute Gasteiger partial charge is 0.430 e. The summed E-state index contributed by atoms with van der Waals surface area (Å²) in [5.41, 5.74) is 1.12. The van der Waals surface area contributed by atoms with Crippen LogP contribution in [0.2, 0.25) is 0 Å². The summed E-state index contributed by atoms with van der Waals surface area (Å²) in [5, 5.41) is 9.04. The van der Waals surface area contributed by atoms with Crippen LogP contribution in [0.3, 0.4) is 0 Å². The topological polar surface area (TPSA) is 46.5 Å². The fraction of sp³-hybridized carbons (Fsp3) is 0.118. The number of carboxylic acid groups (broad SMARTS) is 1. The van der Waals surface area contributed by atoms with E-state index in [4.69, 9.17) is 9.84 Å². The van der Waals surface area contributed by atoms with Crippen molar-refractivity contribution in [2.45, 2.75) is 12.3 Å². The molecule has 6 heteroatoms. The molecule has 3 nitrogen and oxygen atoms in total. The van der Waals surface area contributed by atoms with Gasteiger partial charge in [-0.2, -0.15) is 13.2 Å². The number of carboxylic acids is 1. The largest absolute Gasteiger partial charge is 0.478 e. The highest BCUT2D eigenvalue weighted by Gasteiger charge is 2.48. The van der Waals surface area contributed by atoms with Crippen molar-refractivity contribution in [3.8, 4) is 16.9 Å². The van der Waals surface area contributed by atoms with E-state index in [2.05, 4.69) is 0 Å². The lowest BCUT2D eigenvalue weighted by Gasteiger charge is -2.27. The molecule has 0 bridgehead atoms. The lowest BCUT2D eigenvalue weighted by molar-refractivity contribution is -0.187. The normalized spacial score (nSPS) is 17.0. The Bertz CT molecular complexity index is 779. The van der Waals surface area contributed by atoms with Crippen molar-refractivity contribution in [1.82, 2.24) is 0 Å². The first-order valence-electron chi connectivity index (χ1n) is 6.74. The van der Waals surface area contributed by atoms with Crippen molar-refractivity contribution < 1.29 is 27.8 Å². The zero-order valence-electron chi connectivity index (χ0n) is 11.7. The molecule has 118 valence electrons. The summed E-state index contributed by atoms with van der Waals surface area (Å²) in [6, 6.07) is 13.9. The first kappa shape index (κ1) is 15.1. The highest BCUT2D eigenvalue weighted by molar-refractivity contribution is 5.95. The van der Waals surface area contributed by atoms with E-state index in [9.17, 15) is 18.0 Å². The maximum atomic E-state index is 13.0. The summed E-state index contributed by atoms with van der Waals surface area (Å²) in [6.07, 6.45) is -6.23. The van der Waals surface area contributed by atoms with E-state index in [-0.39, 0.29) is 5.75 Å². The first-order valence-corrected chi connectivity index (χ1v) is 6.74. The van der Waals surface area contributed by atoms with E-state index < -0.39 is 23.8 Å². The van der Waals surface area contributed by atoms with Crippen LogP contribution in [-0.2, 0) is 4.79 Å². The second-order valence-electron chi connectivity index (χ2n) is 5.06. The number of halogens is 3. The molecule has 0 amide bonds. The molecule has 0 radical (unpaired) electrons. The zero-order valence-corrected chi connectivity index (χ0v) is 11.7. The van der Waals surface area contributed by atoms with Gasteiger partial charge in [-0.15, -0.1) is 0 Å². The Morgan fingerprint density at radius 1 is 1.04 bits per heavy atom. The molecule has 2 aromatic rings. The highest BCUT2D eigenvalue weighted by Crippen LogP contribution is 2.38. The predicted molar refractivity (Wildman–Crippen MR) is 78.0 cm³/mol. The van der Waals surface area contributed by atoms with Crippen molar-refractivity contribution in [2.24, 2.45) is 0 Å². The molecule has 0 spiro atoms. The molecule has 1 aliphatic rings. The van der Waals surface area contributed by atoms with Crippen molar-refractivity contribution >= 4 is 12.0 Å². The summed E-state index contributed by atoms with van der Waals surface area (Å²) in [6.45, 7) is 0. The van der Waals surface area contributed by atoms with Crippen LogP contribution < -0.4 is 4.74 Å². The zero-order chi connectivity index (χ0) is 16.6. The Labute approximate surface area is 129 Å². The lowest BCUT2D eigenvalue weighted by atomic mass is 9.97. The number of hydrogen-bond donors (Lipinski definition) is 1. The van der Waals surface area contributed by atoms with Crippen molar-refractivity contribution in [3.63, 3.8) is 0 Å². The van der Waals surface area contributed by atoms with Gasteiger partial charge in [-0.1, -0.05) is 36.4 Å². The molecule has 0 saturated heterocycles. The molecule has 1 aliphatic heterocycles. The number of hydrogen-bond acceptors (Lipinski definition) is 2. The summed E-state index contributed by atoms with van der Waals surface area (Å²) < 4.78 is 43.8. The number of alkyl halides is 3. The molecule has 23 heavy (non-hydrogen) atoms. The van der Waals surface area contributed by atoms with Gasteiger partial charge in [0.1, 0.15) is 5.75 Å². The molecule has 1 heterocycles. The fourth-order valence-corrected chi connectivity index (χ4v) is 2.43. The van der Waals surface area contributed by atoms with Crippen molar-refractivity contribution in [1.29, 1.82) is 0 Å². The third-order valence-corrected chi connectivity index (χ3v) is 3.50. The maximum absolute atomic E-state index is 13.0. The van der Waals surface area contributed by atoms with Crippen LogP contribution in [-0.4, -0.2) is 23.4 Å². The van der Waals surface area contributed by atoms with Gasteiger partial charge in [-0.05, 0) is 29.3 Å². The Balaban J connectivity index is 2.07. The van der Waals surface area contributed by atoms with E-state index in [1.807, 2.05) is 30.3 Å². The molecule has 1 N–H and O–H groups in total. The molecule has 2 aromatic carbocycles. The predicted octanol–water partition coefficient (Wildman–Crippen LogP) is 4.14. The van der Waals surface area contributed by atoms with Crippen molar-refractivity contribution in [3.05, 3.63) is 59.7 Å². The van der Waals surface area contributed by atoms with E-state index in [1.165, 1.54) is 6.07 Å². The monoisotopic (exact) mass is 320 g/mol. The number of rotatable bonds is 2. The molecular weight excluding hydrogens is 309 g/mol. The Kier molecular flexibility index (Phi) is 3.60. The summed E-state index contributed by atoms with van der Waals surface area (Å²) in [7, 11) is 0. The maximum Gasteiger partial charge on any atom is 0.430 e. The van der Waals surface area contributed by atoms with Gasteiger partial charge in [-0.3, -0.25) is 0 Å². The third kappa shape index (κ3) is 2.92. The summed E-state index contributed by atoms with van der Waals surface area (Å²) in [5.74, 6) is -1.64. The average Bonchev–Trinajstić information content (AvgIpc) is 2.53. The second kappa shape index (κ2) is 5.46. The number of aliphatic carboxylic acids is 1. The minimum Gasteiger partial charge on any atom is -0.478 e. The van der Waals surface area contributed by atoms with E-state index in [1.54, 1.807) is 12.1 Å². The number of fused-ring (bicyclic) bond motifs is 1. The number of carbonyl (C=O) groups is 1. The van der Waals surface area contributed by atoms with Gasteiger partial charge < -0.3 is 9.84 Å². The van der Waals surface area contributed by atoms with Crippen LogP contribution in [0.25, 0.3) is 17.2 Å². The third-order valence-electron chi connectivity index (χ3n) is 3.50. The Morgan fingerprint density at radius 3 is 2.35 bits per heavy atom. The van der Waals surface area contributed by atoms with Crippen LogP contribution in [0.5, 0.6) is 5.75 Å². The number of ether oxygens (including phenoxy) is 1. The van der Waals surface area contributed by atoms with Crippen LogP contribution in [0, 0.1) is 0 Å². The molecule has 0 fully saturated rings. The minimum atomic E-state index is -4.79. The van der Waals surface area contributed by atoms with Crippen LogP contribution in [0.4, 0.5) is 13.2 Å². The van der Waals surface area contributed by atoms with Crippen LogP contribution in [0.1, 0.15) is 5.56 Å². The Morgan fingerprint density at radius 2 is 1.74 bits per heavy atom. The first-order chi connectivity index (χ1) is 10.9. The van der Waals surface area contributed by atoms with Gasteiger partial charge in [0.05, 0.1) is 5.57 Å². The van der Waals surface area contributed by atoms with E-state index in [0.717, 1.165) is 17.2 Å². The summed E-state index contributed by atoms with van der Waals surface area (Å²) in [4.78, 5) is 11.1. The van der Waals surface area contributed by atoms with Gasteiger partial charge >= 0.3 is 12.1 Å². The van der Waals surface area contributed by atoms with Gasteiger partial charge in [-0.25, -0.2) is 4.79 Å². The van der Waals surface area contributed by atoms with E-state index >= 15 is 0 Å². The van der Waals surface area contributed by atoms with Crippen LogP contribution >= 0.6 is 0 Å². The molecule has 0 aromatic heterocycles. The van der Waals surface area contributed by atoms with Gasteiger partial charge in [0.25, 0.3) is 0 Å². The highest BCUT2D eigenvalue weighted by atomic mass is 19.4. The van der Waals surface area contributed by atoms with Crippen molar-refractivity contribution in [2.75, 3.05) is 0 Å². The average molecular weight is 320 g/mol. The van der Waals surface area contributed by atoms with E-state index in [0.29, 0.717) is 5.56 Å². The molecule has 0 aliphatic carbocycles. The van der Waals surface area contributed by atoms with Gasteiger partial charge in [0.15, 0.2) is 0 Å². The fourth-order valence-electron chi connectivity index (χ4n) is 2.43. The second-order valence-corrected chi connectivity index (χ2v) is 5.06. The summed E-state index contributed by atoms with van der Waals surface area (Å²) >= 11 is 0. The standard InChI is InChI=1S/C17H11F3O3/c18-17(19,20)15-13(16(21)22)9-12-8-11(6-7-14(12)23-15)10-4-2-1-3-5-10/h1-9,15H,(H,21,22). The quantitative estimate of drug-likeness (QED) is 0.904. The Hall–Kier alpha value is -2.76. The minimum absolute atomic E-state index is 0.0111. The molecule has 3 rings (SSSR count). The lowest BCUT2D eigenvalue weighted by Crippen LogP contribution is -2.40. The molecule has 1 atom stereocenters. The SMILES string of the molecule is O=C(O)C1=Cc2cc(-c3ccccc3)ccc2OC1C(F)(F)F. The molecular formula is C17H11F3O3. The van der Waals surface area contributed by atoms with Gasteiger partial charge in [0, 0.05) is 5.56 Å². The number of benzene rings is 2. The molecule has 0 saturated carbocycles.